The maximum absolute atomic E-state index is 13.0. The Morgan fingerprint density at radius 1 is 0.935 bits per heavy atom. The van der Waals surface area contributed by atoms with Gasteiger partial charge in [-0.25, -0.2) is 4.98 Å². The summed E-state index contributed by atoms with van der Waals surface area (Å²) in [6.45, 7) is 5.90. The number of hydrogen-bond acceptors (Lipinski definition) is 5. The Hall–Kier alpha value is -3.45. The van der Waals surface area contributed by atoms with E-state index in [1.165, 1.54) is 0 Å². The lowest BCUT2D eigenvalue weighted by atomic mass is 10.1. The summed E-state index contributed by atoms with van der Waals surface area (Å²) in [5, 5.41) is 2.97. The molecule has 0 bridgehead atoms. The van der Waals surface area contributed by atoms with E-state index in [9.17, 15) is 9.59 Å². The highest BCUT2D eigenvalue weighted by Crippen LogP contribution is 2.29. The molecular formula is C24H26N4O3. The number of aromatic nitrogens is 1. The largest absolute Gasteiger partial charge is 0.435 e. The molecule has 160 valence electrons. The van der Waals surface area contributed by atoms with E-state index < -0.39 is 0 Å². The summed E-state index contributed by atoms with van der Waals surface area (Å²) in [5.41, 5.74) is 1.91. The molecule has 0 spiro atoms. The van der Waals surface area contributed by atoms with Gasteiger partial charge < -0.3 is 14.6 Å². The van der Waals surface area contributed by atoms with Crippen LogP contribution in [0.15, 0.2) is 65.1 Å². The van der Waals surface area contributed by atoms with E-state index in [1.807, 2.05) is 65.6 Å². The highest BCUT2D eigenvalue weighted by molar-refractivity contribution is 5.98. The van der Waals surface area contributed by atoms with Gasteiger partial charge in [0, 0.05) is 57.3 Å². The quantitative estimate of drug-likeness (QED) is 0.666. The number of amides is 2. The molecule has 2 amide bonds. The molecule has 1 saturated heterocycles. The number of carbonyl (C=O) groups is 2. The average Bonchev–Trinajstić information content (AvgIpc) is 3.26. The fraction of sp³-hybridized carbons (Fsp3) is 0.292. The molecule has 31 heavy (non-hydrogen) atoms. The van der Waals surface area contributed by atoms with Crippen molar-refractivity contribution < 1.29 is 14.0 Å². The molecule has 0 aliphatic carbocycles. The minimum absolute atomic E-state index is 0.113. The molecule has 4 rings (SSSR count). The van der Waals surface area contributed by atoms with Crippen molar-refractivity contribution in [3.8, 4) is 22.8 Å². The van der Waals surface area contributed by atoms with Crippen molar-refractivity contribution in [1.29, 1.82) is 0 Å². The van der Waals surface area contributed by atoms with Gasteiger partial charge in [-0.1, -0.05) is 48.5 Å². The van der Waals surface area contributed by atoms with Crippen molar-refractivity contribution in [2.24, 2.45) is 0 Å². The summed E-state index contributed by atoms with van der Waals surface area (Å²) in [7, 11) is 0. The van der Waals surface area contributed by atoms with E-state index in [0.717, 1.165) is 43.9 Å². The maximum atomic E-state index is 13.0. The Labute approximate surface area is 181 Å². The molecule has 3 aromatic rings. The van der Waals surface area contributed by atoms with Crippen LogP contribution in [-0.2, 0) is 4.79 Å². The first-order chi connectivity index (χ1) is 15.1. The van der Waals surface area contributed by atoms with Crippen molar-refractivity contribution in [2.45, 2.75) is 6.92 Å². The van der Waals surface area contributed by atoms with Crippen molar-refractivity contribution in [3.63, 3.8) is 0 Å². The first kappa shape index (κ1) is 20.8. The molecular weight excluding hydrogens is 392 g/mol. The first-order valence-electron chi connectivity index (χ1n) is 10.5. The van der Waals surface area contributed by atoms with E-state index in [4.69, 9.17) is 4.42 Å². The molecule has 1 aliphatic rings. The van der Waals surface area contributed by atoms with Gasteiger partial charge in [0.25, 0.3) is 5.91 Å². The highest BCUT2D eigenvalue weighted by atomic mass is 16.4. The smallest absolute Gasteiger partial charge is 0.273 e. The molecule has 1 aromatic heterocycles. The summed E-state index contributed by atoms with van der Waals surface area (Å²) >= 11 is 0. The fourth-order valence-electron chi connectivity index (χ4n) is 3.66. The van der Waals surface area contributed by atoms with E-state index in [0.29, 0.717) is 18.2 Å². The summed E-state index contributed by atoms with van der Waals surface area (Å²) in [6.07, 6.45) is 0. The van der Waals surface area contributed by atoms with Gasteiger partial charge in [-0.15, -0.1) is 0 Å². The number of carbonyl (C=O) groups excluding carboxylic acids is 2. The Bertz CT molecular complexity index is 1030. The first-order valence-corrected chi connectivity index (χ1v) is 10.5. The van der Waals surface area contributed by atoms with Crippen LogP contribution in [0.1, 0.15) is 17.4 Å². The molecule has 0 atom stereocenters. The van der Waals surface area contributed by atoms with Crippen molar-refractivity contribution in [2.75, 3.05) is 39.3 Å². The summed E-state index contributed by atoms with van der Waals surface area (Å²) in [4.78, 5) is 33.0. The number of hydrogen-bond donors (Lipinski definition) is 1. The van der Waals surface area contributed by atoms with Crippen LogP contribution in [0, 0.1) is 0 Å². The lowest BCUT2D eigenvalue weighted by Crippen LogP contribution is -2.49. The Morgan fingerprint density at radius 3 is 2.16 bits per heavy atom. The predicted octanol–water partition coefficient (Wildman–Crippen LogP) is 2.90. The van der Waals surface area contributed by atoms with E-state index in [-0.39, 0.29) is 17.5 Å². The molecule has 1 aliphatic heterocycles. The Morgan fingerprint density at radius 2 is 1.55 bits per heavy atom. The zero-order valence-electron chi connectivity index (χ0n) is 17.6. The van der Waals surface area contributed by atoms with Crippen LogP contribution in [0.4, 0.5) is 0 Å². The minimum Gasteiger partial charge on any atom is -0.435 e. The molecule has 7 nitrogen and oxygen atoms in total. The third-order valence-corrected chi connectivity index (χ3v) is 5.43. The van der Waals surface area contributed by atoms with Crippen LogP contribution in [0.3, 0.4) is 0 Å². The van der Waals surface area contributed by atoms with Gasteiger partial charge in [-0.3, -0.25) is 14.5 Å². The van der Waals surface area contributed by atoms with Crippen molar-refractivity contribution in [3.05, 3.63) is 66.4 Å². The van der Waals surface area contributed by atoms with Crippen LogP contribution in [0.5, 0.6) is 0 Å². The SMILES string of the molecule is CC(=O)N1CCN(CCNC(=O)c2nc(-c3ccccc3)oc2-c2ccccc2)CC1. The lowest BCUT2D eigenvalue weighted by molar-refractivity contribution is -0.130. The Kier molecular flexibility index (Phi) is 6.43. The summed E-state index contributed by atoms with van der Waals surface area (Å²) in [5.74, 6) is 0.741. The Balaban J connectivity index is 1.44. The van der Waals surface area contributed by atoms with Gasteiger partial charge >= 0.3 is 0 Å². The molecule has 2 aromatic carbocycles. The lowest BCUT2D eigenvalue weighted by Gasteiger charge is -2.34. The number of nitrogens with one attached hydrogen (secondary N) is 1. The van der Waals surface area contributed by atoms with Crippen LogP contribution in [-0.4, -0.2) is 65.9 Å². The number of oxazole rings is 1. The normalized spacial score (nSPS) is 14.4. The number of piperazine rings is 1. The standard InChI is InChI=1S/C24H26N4O3/c1-18(29)28-16-14-27(15-17-28)13-12-25-23(30)21-22(19-8-4-2-5-9-19)31-24(26-21)20-10-6-3-7-11-20/h2-11H,12-17H2,1H3,(H,25,30). The van der Waals surface area contributed by atoms with Gasteiger partial charge in [0.05, 0.1) is 0 Å². The minimum atomic E-state index is -0.257. The van der Waals surface area contributed by atoms with Crippen LogP contribution in [0.2, 0.25) is 0 Å². The second-order valence-electron chi connectivity index (χ2n) is 7.53. The molecule has 0 saturated carbocycles. The summed E-state index contributed by atoms with van der Waals surface area (Å²) in [6, 6.07) is 19.1. The van der Waals surface area contributed by atoms with Crippen LogP contribution < -0.4 is 5.32 Å². The van der Waals surface area contributed by atoms with E-state index in [1.54, 1.807) is 6.92 Å². The molecule has 1 N–H and O–H groups in total. The topological polar surface area (TPSA) is 78.7 Å². The van der Waals surface area contributed by atoms with Gasteiger partial charge in [0.1, 0.15) is 0 Å². The zero-order chi connectivity index (χ0) is 21.6. The van der Waals surface area contributed by atoms with Crippen molar-refractivity contribution >= 4 is 11.8 Å². The van der Waals surface area contributed by atoms with E-state index >= 15 is 0 Å². The predicted molar refractivity (Wildman–Crippen MR) is 118 cm³/mol. The van der Waals surface area contributed by atoms with Gasteiger partial charge in [-0.2, -0.15) is 0 Å². The molecule has 2 heterocycles. The molecule has 0 unspecified atom stereocenters. The highest BCUT2D eigenvalue weighted by Gasteiger charge is 2.23. The zero-order valence-corrected chi connectivity index (χ0v) is 17.6. The second-order valence-corrected chi connectivity index (χ2v) is 7.53. The summed E-state index contributed by atoms with van der Waals surface area (Å²) < 4.78 is 6.02. The van der Waals surface area contributed by atoms with Gasteiger partial charge in [0.15, 0.2) is 11.5 Å². The van der Waals surface area contributed by atoms with Crippen LogP contribution >= 0.6 is 0 Å². The monoisotopic (exact) mass is 418 g/mol. The fourth-order valence-corrected chi connectivity index (χ4v) is 3.66. The van der Waals surface area contributed by atoms with E-state index in [2.05, 4.69) is 15.2 Å². The third-order valence-electron chi connectivity index (χ3n) is 5.43. The van der Waals surface area contributed by atoms with Gasteiger partial charge in [0.2, 0.25) is 11.8 Å². The third kappa shape index (κ3) is 5.00. The molecule has 7 heteroatoms. The van der Waals surface area contributed by atoms with Gasteiger partial charge in [-0.05, 0) is 12.1 Å². The number of nitrogens with zero attached hydrogens (tertiary/aromatic N) is 3. The second kappa shape index (κ2) is 9.57. The molecule has 0 radical (unpaired) electrons. The van der Waals surface area contributed by atoms with Crippen molar-refractivity contribution in [1.82, 2.24) is 20.1 Å². The molecule has 1 fully saturated rings. The number of benzene rings is 2. The maximum Gasteiger partial charge on any atom is 0.273 e. The number of rotatable bonds is 6. The van der Waals surface area contributed by atoms with Crippen LogP contribution in [0.25, 0.3) is 22.8 Å². The average molecular weight is 418 g/mol.